The molecule has 4 rings (SSSR count). The molecule has 0 fully saturated rings. The Kier molecular flexibility index (Phi) is 4.14. The number of nitrogens with zero attached hydrogens (tertiary/aromatic N) is 1. The number of furan rings is 1. The Morgan fingerprint density at radius 1 is 1.15 bits per heavy atom. The van der Waals surface area contributed by atoms with Crippen molar-refractivity contribution in [2.24, 2.45) is 5.73 Å². The van der Waals surface area contributed by atoms with Crippen molar-refractivity contribution < 1.29 is 14.0 Å². The average molecular weight is 365 g/mol. The van der Waals surface area contributed by atoms with E-state index >= 15 is 0 Å². The lowest BCUT2D eigenvalue weighted by atomic mass is 10.0. The standard InChI is InChI=1S/C19H15N3O3S/c20-16(23)8-13-10-26-19(21-13)22-17(24)7-12-9-25-15-6-5-11-3-1-2-4-14(11)18(12)15/h1-6,9-10H,7-8H2,(H2,20,23)(H,21,22,24). The normalized spacial score (nSPS) is 11.1. The number of anilines is 1. The summed E-state index contributed by atoms with van der Waals surface area (Å²) in [7, 11) is 0. The summed E-state index contributed by atoms with van der Waals surface area (Å²) in [5, 5.41) is 8.02. The van der Waals surface area contributed by atoms with Gasteiger partial charge in [-0.25, -0.2) is 4.98 Å². The van der Waals surface area contributed by atoms with Crippen LogP contribution in [0.5, 0.6) is 0 Å². The third-order valence-electron chi connectivity index (χ3n) is 4.04. The Hall–Kier alpha value is -3.19. The van der Waals surface area contributed by atoms with Crippen LogP contribution < -0.4 is 11.1 Å². The van der Waals surface area contributed by atoms with Crippen LogP contribution in [-0.4, -0.2) is 16.8 Å². The second-order valence-corrected chi connectivity index (χ2v) is 6.79. The van der Waals surface area contributed by atoms with Crippen LogP contribution in [-0.2, 0) is 22.4 Å². The van der Waals surface area contributed by atoms with E-state index in [1.54, 1.807) is 11.6 Å². The van der Waals surface area contributed by atoms with Gasteiger partial charge < -0.3 is 15.5 Å². The fourth-order valence-electron chi connectivity index (χ4n) is 2.97. The molecule has 130 valence electrons. The number of hydrogen-bond acceptors (Lipinski definition) is 5. The van der Waals surface area contributed by atoms with Gasteiger partial charge in [0.25, 0.3) is 0 Å². The Balaban J connectivity index is 1.57. The van der Waals surface area contributed by atoms with Crippen molar-refractivity contribution in [1.29, 1.82) is 0 Å². The molecule has 6 nitrogen and oxygen atoms in total. The number of benzene rings is 2. The van der Waals surface area contributed by atoms with Crippen LogP contribution in [0.2, 0.25) is 0 Å². The molecule has 7 heteroatoms. The number of fused-ring (bicyclic) bond motifs is 3. The molecule has 0 aliphatic carbocycles. The van der Waals surface area contributed by atoms with E-state index in [9.17, 15) is 9.59 Å². The first-order valence-corrected chi connectivity index (χ1v) is 8.88. The fraction of sp³-hybridized carbons (Fsp3) is 0.105. The molecule has 2 aromatic carbocycles. The third-order valence-corrected chi connectivity index (χ3v) is 4.85. The number of nitrogens with two attached hydrogens (primary N) is 1. The Morgan fingerprint density at radius 2 is 2.00 bits per heavy atom. The number of primary amides is 1. The monoisotopic (exact) mass is 365 g/mol. The molecule has 0 radical (unpaired) electrons. The first-order chi connectivity index (χ1) is 12.6. The summed E-state index contributed by atoms with van der Waals surface area (Å²) in [6.07, 6.45) is 1.85. The van der Waals surface area contributed by atoms with Crippen LogP contribution >= 0.6 is 11.3 Å². The number of carbonyl (C=O) groups is 2. The van der Waals surface area contributed by atoms with Crippen molar-refractivity contribution in [3.05, 3.63) is 59.3 Å². The van der Waals surface area contributed by atoms with Crippen LogP contribution in [0.4, 0.5) is 5.13 Å². The van der Waals surface area contributed by atoms with Crippen molar-refractivity contribution in [3.8, 4) is 0 Å². The predicted molar refractivity (Wildman–Crippen MR) is 101 cm³/mol. The highest BCUT2D eigenvalue weighted by molar-refractivity contribution is 7.13. The number of amides is 2. The van der Waals surface area contributed by atoms with Crippen molar-refractivity contribution >= 4 is 50.0 Å². The first kappa shape index (κ1) is 16.3. The highest BCUT2D eigenvalue weighted by Gasteiger charge is 2.14. The molecule has 2 amide bonds. The molecule has 0 unspecified atom stereocenters. The Labute approximate surface area is 152 Å². The maximum Gasteiger partial charge on any atom is 0.230 e. The van der Waals surface area contributed by atoms with E-state index < -0.39 is 5.91 Å². The predicted octanol–water partition coefficient (Wildman–Crippen LogP) is 3.25. The molecule has 0 atom stereocenters. The fourth-order valence-corrected chi connectivity index (χ4v) is 3.69. The molecule has 4 aromatic rings. The zero-order valence-corrected chi connectivity index (χ0v) is 14.5. The van der Waals surface area contributed by atoms with Gasteiger partial charge in [-0.2, -0.15) is 0 Å². The van der Waals surface area contributed by atoms with Gasteiger partial charge in [0.05, 0.1) is 24.8 Å². The third kappa shape index (κ3) is 3.16. The van der Waals surface area contributed by atoms with Crippen LogP contribution in [0.25, 0.3) is 21.7 Å². The highest BCUT2D eigenvalue weighted by atomic mass is 32.1. The molecule has 0 saturated heterocycles. The van der Waals surface area contributed by atoms with Gasteiger partial charge in [0, 0.05) is 16.3 Å². The number of carbonyl (C=O) groups excluding carboxylic acids is 2. The van der Waals surface area contributed by atoms with E-state index in [4.69, 9.17) is 10.2 Å². The summed E-state index contributed by atoms with van der Waals surface area (Å²) in [4.78, 5) is 27.5. The van der Waals surface area contributed by atoms with Crippen LogP contribution in [0.1, 0.15) is 11.3 Å². The van der Waals surface area contributed by atoms with Crippen LogP contribution in [0.15, 0.2) is 52.5 Å². The molecule has 2 aromatic heterocycles. The molecular weight excluding hydrogens is 350 g/mol. The maximum absolute atomic E-state index is 12.4. The second-order valence-electron chi connectivity index (χ2n) is 5.93. The minimum Gasteiger partial charge on any atom is -0.464 e. The van der Waals surface area contributed by atoms with Crippen molar-refractivity contribution in [1.82, 2.24) is 4.98 Å². The zero-order chi connectivity index (χ0) is 18.1. The number of hydrogen-bond donors (Lipinski definition) is 2. The van der Waals surface area contributed by atoms with Crippen LogP contribution in [0, 0.1) is 0 Å². The van der Waals surface area contributed by atoms with Gasteiger partial charge in [-0.1, -0.05) is 30.3 Å². The molecule has 0 spiro atoms. The van der Waals surface area contributed by atoms with Crippen molar-refractivity contribution in [3.63, 3.8) is 0 Å². The van der Waals surface area contributed by atoms with E-state index in [1.807, 2.05) is 36.4 Å². The van der Waals surface area contributed by atoms with Gasteiger partial charge in [0.2, 0.25) is 11.8 Å². The summed E-state index contributed by atoms with van der Waals surface area (Å²) in [6, 6.07) is 11.9. The lowest BCUT2D eigenvalue weighted by Gasteiger charge is -2.03. The summed E-state index contributed by atoms with van der Waals surface area (Å²) < 4.78 is 5.61. The molecule has 26 heavy (non-hydrogen) atoms. The zero-order valence-electron chi connectivity index (χ0n) is 13.7. The minimum absolute atomic E-state index is 0.0602. The van der Waals surface area contributed by atoms with Crippen molar-refractivity contribution in [2.45, 2.75) is 12.8 Å². The lowest BCUT2D eigenvalue weighted by molar-refractivity contribution is -0.117. The molecule has 0 aliphatic heterocycles. The first-order valence-electron chi connectivity index (χ1n) is 8.00. The second kappa shape index (κ2) is 6.61. The molecule has 0 bridgehead atoms. The molecule has 3 N–H and O–H groups in total. The molecule has 0 aliphatic rings. The van der Waals surface area contributed by atoms with Gasteiger partial charge in [-0.15, -0.1) is 11.3 Å². The number of aromatic nitrogens is 1. The summed E-state index contributed by atoms with van der Waals surface area (Å²) in [5.74, 6) is -0.648. The van der Waals surface area contributed by atoms with E-state index in [1.165, 1.54) is 11.3 Å². The van der Waals surface area contributed by atoms with Gasteiger partial charge in [0.15, 0.2) is 5.13 Å². The average Bonchev–Trinajstić information content (AvgIpc) is 3.21. The topological polar surface area (TPSA) is 98.2 Å². The van der Waals surface area contributed by atoms with E-state index in [0.717, 1.165) is 27.3 Å². The quantitative estimate of drug-likeness (QED) is 0.567. The lowest BCUT2D eigenvalue weighted by Crippen LogP contribution is -2.15. The Bertz CT molecular complexity index is 1130. The molecule has 2 heterocycles. The van der Waals surface area contributed by atoms with Crippen molar-refractivity contribution in [2.75, 3.05) is 5.32 Å². The van der Waals surface area contributed by atoms with Gasteiger partial charge in [-0.05, 0) is 16.8 Å². The smallest absolute Gasteiger partial charge is 0.230 e. The van der Waals surface area contributed by atoms with Gasteiger partial charge in [0.1, 0.15) is 5.58 Å². The number of thiazole rings is 1. The van der Waals surface area contributed by atoms with E-state index in [-0.39, 0.29) is 18.7 Å². The van der Waals surface area contributed by atoms with Gasteiger partial charge in [-0.3, -0.25) is 9.59 Å². The molecular formula is C19H15N3O3S. The van der Waals surface area contributed by atoms with Gasteiger partial charge >= 0.3 is 0 Å². The van der Waals surface area contributed by atoms with E-state index in [2.05, 4.69) is 10.3 Å². The Morgan fingerprint density at radius 3 is 2.85 bits per heavy atom. The highest BCUT2D eigenvalue weighted by Crippen LogP contribution is 2.30. The maximum atomic E-state index is 12.4. The minimum atomic E-state index is -0.454. The molecule has 0 saturated carbocycles. The number of nitrogens with one attached hydrogen (secondary N) is 1. The van der Waals surface area contributed by atoms with E-state index in [0.29, 0.717) is 10.8 Å². The van der Waals surface area contributed by atoms with Crippen LogP contribution in [0.3, 0.4) is 0 Å². The largest absolute Gasteiger partial charge is 0.464 e. The summed E-state index contributed by atoms with van der Waals surface area (Å²) in [6.45, 7) is 0. The summed E-state index contributed by atoms with van der Waals surface area (Å²) >= 11 is 1.26. The summed E-state index contributed by atoms with van der Waals surface area (Å²) in [5.41, 5.74) is 7.28. The number of rotatable bonds is 5. The SMILES string of the molecule is NC(=O)Cc1csc(NC(=O)Cc2coc3ccc4ccccc4c23)n1.